The predicted molar refractivity (Wildman–Crippen MR) is 57.1 cm³/mol. The lowest BCUT2D eigenvalue weighted by atomic mass is 10.1. The molecule has 0 amide bonds. The fourth-order valence-electron chi connectivity index (χ4n) is 1.42. The molecule has 2 aromatic rings. The van der Waals surface area contributed by atoms with Crippen molar-refractivity contribution in [2.45, 2.75) is 12.5 Å². The van der Waals surface area contributed by atoms with Crippen molar-refractivity contribution in [3.05, 3.63) is 52.0 Å². The second-order valence-electron chi connectivity index (χ2n) is 3.39. The molecule has 16 heavy (non-hydrogen) atoms. The van der Waals surface area contributed by atoms with Crippen molar-refractivity contribution in [1.82, 2.24) is 4.98 Å². The molecule has 1 heterocycles. The van der Waals surface area contributed by atoms with Gasteiger partial charge in [-0.2, -0.15) is 0 Å². The first-order valence-corrected chi connectivity index (χ1v) is 5.54. The minimum atomic E-state index is -0.911. The average Bonchev–Trinajstić information content (AvgIpc) is 2.68. The van der Waals surface area contributed by atoms with Gasteiger partial charge in [-0.25, -0.2) is 8.78 Å². The molecule has 0 aliphatic rings. The molecule has 0 saturated heterocycles. The molecule has 0 bridgehead atoms. The second-order valence-corrected chi connectivity index (χ2v) is 4.36. The highest BCUT2D eigenvalue weighted by atomic mass is 32.1. The number of thiazole rings is 1. The number of nitrogens with zero attached hydrogens (tertiary/aromatic N) is 1. The summed E-state index contributed by atoms with van der Waals surface area (Å²) >= 11 is 1.40. The van der Waals surface area contributed by atoms with Gasteiger partial charge in [0.1, 0.15) is 11.6 Å². The summed E-state index contributed by atoms with van der Waals surface area (Å²) in [4.78, 5) is 4.74. The van der Waals surface area contributed by atoms with Gasteiger partial charge < -0.3 is 5.11 Å². The molecule has 0 aliphatic carbocycles. The number of hydrogen-bond donors (Lipinski definition) is 1. The Morgan fingerprint density at radius 1 is 1.25 bits per heavy atom. The fraction of sp³-hybridized carbons (Fsp3) is 0.182. The van der Waals surface area contributed by atoms with Crippen LogP contribution < -0.4 is 0 Å². The molecule has 2 nitrogen and oxygen atoms in total. The Morgan fingerprint density at radius 3 is 2.50 bits per heavy atom. The van der Waals surface area contributed by atoms with Gasteiger partial charge in [0.2, 0.25) is 0 Å². The van der Waals surface area contributed by atoms with Crippen LogP contribution in [0, 0.1) is 11.6 Å². The molecule has 2 rings (SSSR count). The SMILES string of the molecule is OC(Cc1cncs1)c1cc(F)cc(F)c1. The van der Waals surface area contributed by atoms with Gasteiger partial charge in [-0.15, -0.1) is 11.3 Å². The lowest BCUT2D eigenvalue weighted by molar-refractivity contribution is 0.178. The van der Waals surface area contributed by atoms with E-state index in [0.717, 1.165) is 23.1 Å². The van der Waals surface area contributed by atoms with Crippen molar-refractivity contribution in [2.75, 3.05) is 0 Å². The van der Waals surface area contributed by atoms with E-state index in [0.29, 0.717) is 6.42 Å². The number of aromatic nitrogens is 1. The third-order valence-electron chi connectivity index (χ3n) is 2.15. The number of aliphatic hydroxyl groups is 1. The van der Waals surface area contributed by atoms with Crippen LogP contribution in [0.2, 0.25) is 0 Å². The molecule has 1 aromatic carbocycles. The highest BCUT2D eigenvalue weighted by Gasteiger charge is 2.12. The summed E-state index contributed by atoms with van der Waals surface area (Å²) in [6.07, 6.45) is 1.03. The van der Waals surface area contributed by atoms with Crippen LogP contribution in [-0.2, 0) is 6.42 Å². The molecular formula is C11H9F2NOS. The number of halogens is 2. The molecule has 0 fully saturated rings. The van der Waals surface area contributed by atoms with Crippen LogP contribution in [0.3, 0.4) is 0 Å². The Kier molecular flexibility index (Phi) is 3.26. The zero-order valence-corrected chi connectivity index (χ0v) is 9.05. The summed E-state index contributed by atoms with van der Waals surface area (Å²) in [5, 5.41) is 9.79. The number of rotatable bonds is 3. The summed E-state index contributed by atoms with van der Waals surface area (Å²) in [6, 6.07) is 3.05. The van der Waals surface area contributed by atoms with Crippen molar-refractivity contribution in [3.8, 4) is 0 Å². The van der Waals surface area contributed by atoms with Crippen LogP contribution in [0.15, 0.2) is 29.9 Å². The molecule has 0 spiro atoms. The average molecular weight is 241 g/mol. The summed E-state index contributed by atoms with van der Waals surface area (Å²) < 4.78 is 25.8. The standard InChI is InChI=1S/C11H9F2NOS/c12-8-1-7(2-9(13)3-8)11(15)4-10-5-14-6-16-10/h1-3,5-6,11,15H,4H2. The van der Waals surface area contributed by atoms with E-state index in [2.05, 4.69) is 4.98 Å². The van der Waals surface area contributed by atoms with E-state index >= 15 is 0 Å². The van der Waals surface area contributed by atoms with E-state index in [9.17, 15) is 13.9 Å². The minimum absolute atomic E-state index is 0.242. The molecule has 84 valence electrons. The first-order valence-electron chi connectivity index (χ1n) is 4.66. The summed E-state index contributed by atoms with van der Waals surface area (Å²) in [5.41, 5.74) is 1.89. The molecule has 1 atom stereocenters. The monoisotopic (exact) mass is 241 g/mol. The Labute approximate surface area is 95.2 Å². The van der Waals surface area contributed by atoms with Crippen LogP contribution in [-0.4, -0.2) is 10.1 Å². The maximum atomic E-state index is 12.9. The first-order chi connectivity index (χ1) is 7.65. The van der Waals surface area contributed by atoms with E-state index < -0.39 is 17.7 Å². The van der Waals surface area contributed by atoms with Crippen LogP contribution >= 0.6 is 11.3 Å². The zero-order chi connectivity index (χ0) is 11.5. The van der Waals surface area contributed by atoms with Crippen LogP contribution in [0.4, 0.5) is 8.78 Å². The van der Waals surface area contributed by atoms with Crippen LogP contribution in [0.5, 0.6) is 0 Å². The summed E-state index contributed by atoms with van der Waals surface area (Å²) in [6.45, 7) is 0. The largest absolute Gasteiger partial charge is 0.388 e. The zero-order valence-electron chi connectivity index (χ0n) is 8.23. The van der Waals surface area contributed by atoms with E-state index in [1.165, 1.54) is 11.3 Å². The van der Waals surface area contributed by atoms with Crippen molar-refractivity contribution in [2.24, 2.45) is 0 Å². The molecule has 1 aromatic heterocycles. The lowest BCUT2D eigenvalue weighted by Crippen LogP contribution is -2.01. The molecule has 0 aliphatic heterocycles. The quantitative estimate of drug-likeness (QED) is 0.896. The maximum Gasteiger partial charge on any atom is 0.126 e. The summed E-state index contributed by atoms with van der Waals surface area (Å²) in [5.74, 6) is -1.36. The fourth-order valence-corrected chi connectivity index (χ4v) is 2.05. The predicted octanol–water partition coefficient (Wildman–Crippen LogP) is 2.70. The van der Waals surface area contributed by atoms with E-state index in [-0.39, 0.29) is 5.56 Å². The number of aliphatic hydroxyl groups excluding tert-OH is 1. The van der Waals surface area contributed by atoms with Crippen LogP contribution in [0.25, 0.3) is 0 Å². The van der Waals surface area contributed by atoms with Crippen LogP contribution in [0.1, 0.15) is 16.5 Å². The molecular weight excluding hydrogens is 232 g/mol. The molecule has 1 N–H and O–H groups in total. The second kappa shape index (κ2) is 4.67. The van der Waals surface area contributed by atoms with Gasteiger partial charge in [-0.3, -0.25) is 4.98 Å². The van der Waals surface area contributed by atoms with Crippen molar-refractivity contribution in [3.63, 3.8) is 0 Å². The number of hydrogen-bond acceptors (Lipinski definition) is 3. The Hall–Kier alpha value is -1.33. The van der Waals surface area contributed by atoms with Gasteiger partial charge in [-0.1, -0.05) is 0 Å². The maximum absolute atomic E-state index is 12.9. The Balaban J connectivity index is 2.17. The van der Waals surface area contributed by atoms with Gasteiger partial charge >= 0.3 is 0 Å². The van der Waals surface area contributed by atoms with Gasteiger partial charge in [0, 0.05) is 23.6 Å². The van der Waals surface area contributed by atoms with Gasteiger partial charge in [0.05, 0.1) is 11.6 Å². The normalized spacial score (nSPS) is 12.7. The lowest BCUT2D eigenvalue weighted by Gasteiger charge is -2.09. The van der Waals surface area contributed by atoms with Crippen molar-refractivity contribution < 1.29 is 13.9 Å². The van der Waals surface area contributed by atoms with E-state index in [1.807, 2.05) is 0 Å². The molecule has 0 radical (unpaired) electrons. The third-order valence-corrected chi connectivity index (χ3v) is 2.95. The van der Waals surface area contributed by atoms with Crippen molar-refractivity contribution >= 4 is 11.3 Å². The minimum Gasteiger partial charge on any atom is -0.388 e. The van der Waals surface area contributed by atoms with E-state index in [4.69, 9.17) is 0 Å². The molecule has 0 saturated carbocycles. The highest BCUT2D eigenvalue weighted by molar-refractivity contribution is 7.09. The Bertz CT molecular complexity index is 453. The molecule has 1 unspecified atom stereocenters. The number of benzene rings is 1. The highest BCUT2D eigenvalue weighted by Crippen LogP contribution is 2.21. The van der Waals surface area contributed by atoms with Gasteiger partial charge in [0.25, 0.3) is 0 Å². The summed E-state index contributed by atoms with van der Waals surface area (Å²) in [7, 11) is 0. The Morgan fingerprint density at radius 2 is 1.94 bits per heavy atom. The topological polar surface area (TPSA) is 33.1 Å². The third kappa shape index (κ3) is 2.62. The molecule has 5 heteroatoms. The smallest absolute Gasteiger partial charge is 0.126 e. The van der Waals surface area contributed by atoms with Crippen molar-refractivity contribution in [1.29, 1.82) is 0 Å². The first kappa shape index (κ1) is 11.2. The van der Waals surface area contributed by atoms with E-state index in [1.54, 1.807) is 11.7 Å². The van der Waals surface area contributed by atoms with Gasteiger partial charge in [-0.05, 0) is 17.7 Å². The van der Waals surface area contributed by atoms with Gasteiger partial charge in [0.15, 0.2) is 0 Å².